The van der Waals surface area contributed by atoms with Crippen LogP contribution < -0.4 is 0 Å². The molecule has 0 aliphatic heterocycles. The van der Waals surface area contributed by atoms with Crippen molar-refractivity contribution in [3.8, 4) is 11.3 Å². The fourth-order valence-corrected chi connectivity index (χ4v) is 4.49. The molecule has 1 atom stereocenters. The number of carbonyl (C=O) groups is 2. The average Bonchev–Trinajstić information content (AvgIpc) is 3.54. The maximum Gasteiger partial charge on any atom is 0.416 e. The zero-order valence-electron chi connectivity index (χ0n) is 23.9. The Labute approximate surface area is 248 Å². The number of methoxy groups -OCH3 is 1. The van der Waals surface area contributed by atoms with Gasteiger partial charge >= 0.3 is 6.18 Å². The topological polar surface area (TPSA) is 67.7 Å². The molecular formula is C33H33F3N4O3. The molecule has 4 aromatic rings. The summed E-state index contributed by atoms with van der Waals surface area (Å²) in [5, 5.41) is 0. The second-order valence-electron chi connectivity index (χ2n) is 9.98. The molecule has 7 nitrogen and oxygen atoms in total. The number of benzene rings is 2. The molecule has 0 saturated heterocycles. The molecule has 0 spiro atoms. The van der Waals surface area contributed by atoms with Gasteiger partial charge < -0.3 is 19.1 Å². The van der Waals surface area contributed by atoms with Crippen molar-refractivity contribution in [3.63, 3.8) is 0 Å². The Morgan fingerprint density at radius 2 is 1.67 bits per heavy atom. The molecule has 2 aromatic carbocycles. The normalized spacial score (nSPS) is 12.3. The van der Waals surface area contributed by atoms with Gasteiger partial charge in [-0.25, -0.2) is 0 Å². The molecule has 2 amide bonds. The molecule has 0 aliphatic rings. The van der Waals surface area contributed by atoms with Crippen molar-refractivity contribution in [2.24, 2.45) is 0 Å². The lowest BCUT2D eigenvalue weighted by atomic mass is 10.1. The Bertz CT molecular complexity index is 1490. The van der Waals surface area contributed by atoms with Crippen molar-refractivity contribution in [2.45, 2.75) is 25.3 Å². The maximum atomic E-state index is 13.8. The lowest BCUT2D eigenvalue weighted by Gasteiger charge is -2.33. The van der Waals surface area contributed by atoms with E-state index < -0.39 is 23.7 Å². The molecule has 4 rings (SSSR count). The van der Waals surface area contributed by atoms with Gasteiger partial charge in [0.15, 0.2) is 0 Å². The van der Waals surface area contributed by atoms with E-state index >= 15 is 0 Å². The van der Waals surface area contributed by atoms with Crippen molar-refractivity contribution in [3.05, 3.63) is 120 Å². The maximum absolute atomic E-state index is 13.8. The second-order valence-corrected chi connectivity index (χ2v) is 9.98. The summed E-state index contributed by atoms with van der Waals surface area (Å²) in [4.78, 5) is 35.0. The van der Waals surface area contributed by atoms with E-state index in [1.54, 1.807) is 20.4 Å². The molecule has 0 saturated carbocycles. The fraction of sp³-hybridized carbons (Fsp3) is 0.242. The molecular weight excluding hydrogens is 557 g/mol. The van der Waals surface area contributed by atoms with Gasteiger partial charge in [0, 0.05) is 57.5 Å². The van der Waals surface area contributed by atoms with E-state index in [9.17, 15) is 22.8 Å². The first-order valence-corrected chi connectivity index (χ1v) is 13.7. The molecule has 0 fully saturated rings. The lowest BCUT2D eigenvalue weighted by molar-refractivity contribution is -0.144. The first kappa shape index (κ1) is 31.2. The number of amides is 2. The van der Waals surface area contributed by atoms with Gasteiger partial charge in [-0.3, -0.25) is 14.6 Å². The van der Waals surface area contributed by atoms with Crippen LogP contribution in [0.5, 0.6) is 0 Å². The van der Waals surface area contributed by atoms with E-state index in [-0.39, 0.29) is 19.0 Å². The molecule has 0 radical (unpaired) electrons. The number of pyridine rings is 1. The van der Waals surface area contributed by atoms with Crippen LogP contribution in [0.1, 0.15) is 16.7 Å². The Hall–Kier alpha value is -4.70. The van der Waals surface area contributed by atoms with E-state index in [4.69, 9.17) is 4.74 Å². The number of likely N-dealkylation sites (N-methyl/N-ethyl adjacent to an activating group) is 1. The van der Waals surface area contributed by atoms with Crippen molar-refractivity contribution in [1.29, 1.82) is 0 Å². The predicted octanol–water partition coefficient (Wildman–Crippen LogP) is 5.78. The zero-order valence-corrected chi connectivity index (χ0v) is 23.9. The van der Waals surface area contributed by atoms with Crippen LogP contribution in [-0.2, 0) is 33.6 Å². The third kappa shape index (κ3) is 8.65. The van der Waals surface area contributed by atoms with Crippen molar-refractivity contribution >= 4 is 17.9 Å². The molecule has 10 heteroatoms. The molecule has 2 aromatic heterocycles. The standard InChI is InChI=1S/C33H33F3N4O3/c1-38(21-22-43-2)32(42)30(24-39-19-5-6-20-39)40(23-26-8-13-27(14-9-26)29-7-3-4-18-37-29)31(41)17-12-25-10-15-28(16-11-25)33(34,35)36/h3-20,30H,21-24H2,1-2H3/b17-12+/t30-/m0/s1. The van der Waals surface area contributed by atoms with Crippen LogP contribution in [0.4, 0.5) is 13.2 Å². The largest absolute Gasteiger partial charge is 0.416 e. The van der Waals surface area contributed by atoms with Crippen molar-refractivity contribution in [2.75, 3.05) is 27.3 Å². The van der Waals surface area contributed by atoms with Crippen molar-refractivity contribution < 1.29 is 27.5 Å². The molecule has 43 heavy (non-hydrogen) atoms. The van der Waals surface area contributed by atoms with Crippen LogP contribution in [0.15, 0.2) is 104 Å². The van der Waals surface area contributed by atoms with Gasteiger partial charge in [-0.05, 0) is 53.6 Å². The number of halogens is 3. The van der Waals surface area contributed by atoms with E-state index in [1.165, 1.54) is 34.1 Å². The van der Waals surface area contributed by atoms with Gasteiger partial charge in [-0.1, -0.05) is 42.5 Å². The second kappa shape index (κ2) is 14.5. The first-order valence-electron chi connectivity index (χ1n) is 13.7. The van der Waals surface area contributed by atoms with Crippen molar-refractivity contribution in [1.82, 2.24) is 19.4 Å². The summed E-state index contributed by atoms with van der Waals surface area (Å²) in [7, 11) is 3.21. The van der Waals surface area contributed by atoms with Crippen LogP contribution in [0.25, 0.3) is 17.3 Å². The Balaban J connectivity index is 1.66. The Morgan fingerprint density at radius 1 is 0.977 bits per heavy atom. The summed E-state index contributed by atoms with van der Waals surface area (Å²) >= 11 is 0. The van der Waals surface area contributed by atoms with Crippen LogP contribution >= 0.6 is 0 Å². The number of aromatic nitrogens is 2. The molecule has 0 N–H and O–H groups in total. The van der Waals surface area contributed by atoms with E-state index in [1.807, 2.05) is 71.6 Å². The summed E-state index contributed by atoms with van der Waals surface area (Å²) in [5.74, 6) is -0.730. The third-order valence-electron chi connectivity index (χ3n) is 6.93. The molecule has 0 bridgehead atoms. The fourth-order valence-electron chi connectivity index (χ4n) is 4.49. The highest BCUT2D eigenvalue weighted by atomic mass is 19.4. The highest BCUT2D eigenvalue weighted by molar-refractivity contribution is 5.95. The predicted molar refractivity (Wildman–Crippen MR) is 158 cm³/mol. The summed E-state index contributed by atoms with van der Waals surface area (Å²) < 4.78 is 46.0. The van der Waals surface area contributed by atoms with Crippen LogP contribution in [0.2, 0.25) is 0 Å². The van der Waals surface area contributed by atoms with Gasteiger partial charge in [-0.2, -0.15) is 13.2 Å². The minimum Gasteiger partial charge on any atom is -0.383 e. The number of ether oxygens (including phenoxy) is 1. The lowest BCUT2D eigenvalue weighted by Crippen LogP contribution is -2.51. The highest BCUT2D eigenvalue weighted by Gasteiger charge is 2.32. The van der Waals surface area contributed by atoms with Crippen LogP contribution in [-0.4, -0.2) is 64.5 Å². The third-order valence-corrected chi connectivity index (χ3v) is 6.93. The number of rotatable bonds is 12. The first-order chi connectivity index (χ1) is 20.7. The van der Waals surface area contributed by atoms with E-state index in [0.717, 1.165) is 29.0 Å². The van der Waals surface area contributed by atoms with Gasteiger partial charge in [0.05, 0.1) is 24.4 Å². The number of hydrogen-bond acceptors (Lipinski definition) is 4. The number of alkyl halides is 3. The highest BCUT2D eigenvalue weighted by Crippen LogP contribution is 2.29. The molecule has 224 valence electrons. The minimum atomic E-state index is -4.46. The summed E-state index contributed by atoms with van der Waals surface area (Å²) in [6, 6.07) is 20.6. The van der Waals surface area contributed by atoms with E-state index in [2.05, 4.69) is 4.98 Å². The SMILES string of the molecule is COCCN(C)C(=O)[C@H](Cn1cccc1)N(Cc1ccc(-c2ccccn2)cc1)C(=O)/C=C/c1ccc(C(F)(F)F)cc1. The zero-order chi connectivity index (χ0) is 30.8. The molecule has 0 unspecified atom stereocenters. The smallest absolute Gasteiger partial charge is 0.383 e. The number of hydrogen-bond donors (Lipinski definition) is 0. The molecule has 0 aliphatic carbocycles. The summed E-state index contributed by atoms with van der Waals surface area (Å²) in [5.41, 5.74) is 2.15. The summed E-state index contributed by atoms with van der Waals surface area (Å²) in [6.45, 7) is 0.985. The molecule has 2 heterocycles. The van der Waals surface area contributed by atoms with Gasteiger partial charge in [0.2, 0.25) is 11.8 Å². The minimum absolute atomic E-state index is 0.120. The monoisotopic (exact) mass is 590 g/mol. The Morgan fingerprint density at radius 3 is 2.28 bits per heavy atom. The number of nitrogens with zero attached hydrogens (tertiary/aromatic N) is 4. The van der Waals surface area contributed by atoms with Gasteiger partial charge in [0.1, 0.15) is 6.04 Å². The van der Waals surface area contributed by atoms with Gasteiger partial charge in [-0.15, -0.1) is 0 Å². The van der Waals surface area contributed by atoms with Crippen LogP contribution in [0, 0.1) is 0 Å². The Kier molecular flexibility index (Phi) is 10.5. The summed E-state index contributed by atoms with van der Waals surface area (Å²) in [6.07, 6.45) is 3.63. The van der Waals surface area contributed by atoms with Gasteiger partial charge in [0.25, 0.3) is 0 Å². The quantitative estimate of drug-likeness (QED) is 0.196. The number of carbonyl (C=O) groups excluding carboxylic acids is 2. The van der Waals surface area contributed by atoms with E-state index in [0.29, 0.717) is 18.7 Å². The van der Waals surface area contributed by atoms with Crippen LogP contribution in [0.3, 0.4) is 0 Å². The average molecular weight is 591 g/mol.